The van der Waals surface area contributed by atoms with Gasteiger partial charge >= 0.3 is 5.97 Å². The van der Waals surface area contributed by atoms with Gasteiger partial charge in [-0.25, -0.2) is 4.79 Å². The molecule has 0 radical (unpaired) electrons. The van der Waals surface area contributed by atoms with E-state index in [1.165, 1.54) is 20.3 Å². The minimum absolute atomic E-state index is 0.0675. The van der Waals surface area contributed by atoms with Crippen molar-refractivity contribution in [3.63, 3.8) is 0 Å². The molecule has 0 spiro atoms. The van der Waals surface area contributed by atoms with Gasteiger partial charge in [0, 0.05) is 11.1 Å². The molecule has 26 heavy (non-hydrogen) atoms. The van der Waals surface area contributed by atoms with Crippen molar-refractivity contribution in [3.05, 3.63) is 59.1 Å². The number of hydrogen-bond acceptors (Lipinski definition) is 5. The van der Waals surface area contributed by atoms with Gasteiger partial charge in [-0.15, -0.1) is 6.58 Å². The number of carboxylic acids is 1. The Balaban J connectivity index is 2.21. The largest absolute Gasteiger partial charge is 0.493 e. The number of carbonyl (C=O) groups excluding carboxylic acids is 1. The molecule has 7 heteroatoms. The Kier molecular flexibility index (Phi) is 6.06. The molecular weight excluding hydrogens is 338 g/mol. The zero-order valence-corrected chi connectivity index (χ0v) is 14.9. The summed E-state index contributed by atoms with van der Waals surface area (Å²) in [6, 6.07) is 4.68. The molecule has 0 aliphatic carbocycles. The summed E-state index contributed by atoms with van der Waals surface area (Å²) in [5.41, 5.74) is 1.24. The molecule has 0 bridgehead atoms. The summed E-state index contributed by atoms with van der Waals surface area (Å²) >= 11 is 0. The van der Waals surface area contributed by atoms with Crippen LogP contribution >= 0.6 is 0 Å². The van der Waals surface area contributed by atoms with Gasteiger partial charge in [-0.3, -0.25) is 4.79 Å². The second-order valence-corrected chi connectivity index (χ2v) is 5.53. The summed E-state index contributed by atoms with van der Waals surface area (Å²) in [7, 11) is 3.03. The number of carboxylic acid groups (broad SMARTS) is 1. The molecule has 0 aliphatic heterocycles. The minimum atomic E-state index is -1.07. The zero-order chi connectivity index (χ0) is 19.3. The van der Waals surface area contributed by atoms with Gasteiger partial charge in [0.1, 0.15) is 17.1 Å². The van der Waals surface area contributed by atoms with Crippen LogP contribution in [-0.2, 0) is 13.0 Å². The van der Waals surface area contributed by atoms with E-state index in [2.05, 4.69) is 11.9 Å². The number of benzene rings is 1. The summed E-state index contributed by atoms with van der Waals surface area (Å²) < 4.78 is 16.0. The molecule has 0 saturated heterocycles. The second kappa shape index (κ2) is 8.24. The number of furan rings is 1. The van der Waals surface area contributed by atoms with Gasteiger partial charge in [-0.2, -0.15) is 0 Å². The standard InChI is InChI=1S/C19H21NO6/c1-5-6-12-7-13(8-16(24-3)17(12)25-4)18(21)20-10-14-9-15(19(22)23)11(2)26-14/h5,7-9H,1,6,10H2,2-4H3,(H,20,21)(H,22,23). The number of nitrogens with one attached hydrogen (secondary N) is 1. The number of hydrogen-bond donors (Lipinski definition) is 2. The fraction of sp³-hybridized carbons (Fsp3) is 0.263. The van der Waals surface area contributed by atoms with Gasteiger partial charge in [0.25, 0.3) is 5.91 Å². The van der Waals surface area contributed by atoms with E-state index >= 15 is 0 Å². The van der Waals surface area contributed by atoms with Crippen LogP contribution in [0.4, 0.5) is 0 Å². The third-order valence-electron chi connectivity index (χ3n) is 3.80. The van der Waals surface area contributed by atoms with Crippen LogP contribution in [0, 0.1) is 6.92 Å². The number of amides is 1. The molecule has 1 heterocycles. The minimum Gasteiger partial charge on any atom is -0.493 e. The van der Waals surface area contributed by atoms with Gasteiger partial charge in [0.15, 0.2) is 11.5 Å². The second-order valence-electron chi connectivity index (χ2n) is 5.53. The highest BCUT2D eigenvalue weighted by Crippen LogP contribution is 2.33. The summed E-state index contributed by atoms with van der Waals surface area (Å²) in [5, 5.41) is 11.7. The molecule has 0 fully saturated rings. The molecule has 138 valence electrons. The van der Waals surface area contributed by atoms with E-state index in [4.69, 9.17) is 19.0 Å². The SMILES string of the molecule is C=CCc1cc(C(=O)NCc2cc(C(=O)O)c(C)o2)cc(OC)c1OC. The van der Waals surface area contributed by atoms with Crippen molar-refractivity contribution in [3.8, 4) is 11.5 Å². The summed E-state index contributed by atoms with van der Waals surface area (Å²) in [6.07, 6.45) is 2.22. The van der Waals surface area contributed by atoms with Crippen LogP contribution in [0.5, 0.6) is 11.5 Å². The molecule has 1 amide bonds. The Morgan fingerprint density at radius 1 is 1.27 bits per heavy atom. The molecule has 1 aromatic carbocycles. The Morgan fingerprint density at radius 3 is 2.54 bits per heavy atom. The van der Waals surface area contributed by atoms with Gasteiger partial charge in [-0.1, -0.05) is 6.08 Å². The summed E-state index contributed by atoms with van der Waals surface area (Å²) in [4.78, 5) is 23.5. The molecule has 2 aromatic rings. The van der Waals surface area contributed by atoms with Crippen LogP contribution < -0.4 is 14.8 Å². The molecule has 1 aromatic heterocycles. The average molecular weight is 359 g/mol. The van der Waals surface area contributed by atoms with Crippen molar-refractivity contribution in [1.82, 2.24) is 5.32 Å². The maximum atomic E-state index is 12.5. The number of methoxy groups -OCH3 is 2. The predicted octanol–water partition coefficient (Wildman–Crippen LogP) is 2.96. The molecule has 0 aliphatic rings. The Hall–Kier alpha value is -3.22. The number of aromatic carboxylic acids is 1. The Bertz CT molecular complexity index is 837. The normalized spacial score (nSPS) is 10.3. The van der Waals surface area contributed by atoms with Crippen molar-refractivity contribution < 1.29 is 28.6 Å². The topological polar surface area (TPSA) is 98.0 Å². The quantitative estimate of drug-likeness (QED) is 0.703. The van der Waals surface area contributed by atoms with Crippen molar-refractivity contribution >= 4 is 11.9 Å². The maximum Gasteiger partial charge on any atom is 0.339 e. The lowest BCUT2D eigenvalue weighted by Crippen LogP contribution is -2.23. The highest BCUT2D eigenvalue weighted by Gasteiger charge is 2.17. The van der Waals surface area contributed by atoms with Crippen LogP contribution in [0.3, 0.4) is 0 Å². The fourth-order valence-electron chi connectivity index (χ4n) is 2.59. The lowest BCUT2D eigenvalue weighted by molar-refractivity contribution is 0.0694. The average Bonchev–Trinajstić information content (AvgIpc) is 3.00. The van der Waals surface area contributed by atoms with E-state index in [9.17, 15) is 9.59 Å². The third-order valence-corrected chi connectivity index (χ3v) is 3.80. The van der Waals surface area contributed by atoms with Crippen LogP contribution in [0.2, 0.25) is 0 Å². The van der Waals surface area contributed by atoms with E-state index in [0.29, 0.717) is 35.0 Å². The summed E-state index contributed by atoms with van der Waals surface area (Å²) in [5.74, 6) is 0.233. The number of rotatable bonds is 8. The molecule has 0 unspecified atom stereocenters. The first-order valence-electron chi connectivity index (χ1n) is 7.87. The smallest absolute Gasteiger partial charge is 0.339 e. The van der Waals surface area contributed by atoms with Gasteiger partial charge < -0.3 is 24.3 Å². The lowest BCUT2D eigenvalue weighted by atomic mass is 10.0. The van der Waals surface area contributed by atoms with Crippen LogP contribution in [0.1, 0.15) is 37.8 Å². The van der Waals surface area contributed by atoms with Crippen molar-refractivity contribution in [2.45, 2.75) is 19.9 Å². The Morgan fingerprint density at radius 2 is 2.00 bits per heavy atom. The van der Waals surface area contributed by atoms with E-state index in [1.807, 2.05) is 0 Å². The van der Waals surface area contributed by atoms with E-state index in [1.54, 1.807) is 25.1 Å². The number of ether oxygens (including phenoxy) is 2. The fourth-order valence-corrected chi connectivity index (χ4v) is 2.59. The number of aryl methyl sites for hydroxylation is 1. The van der Waals surface area contributed by atoms with Crippen LogP contribution in [-0.4, -0.2) is 31.2 Å². The lowest BCUT2D eigenvalue weighted by Gasteiger charge is -2.14. The van der Waals surface area contributed by atoms with Crippen molar-refractivity contribution in [2.75, 3.05) is 14.2 Å². The Labute approximate surface area is 151 Å². The zero-order valence-electron chi connectivity index (χ0n) is 14.9. The maximum absolute atomic E-state index is 12.5. The first-order valence-corrected chi connectivity index (χ1v) is 7.87. The van der Waals surface area contributed by atoms with Gasteiger partial charge in [0.2, 0.25) is 0 Å². The monoisotopic (exact) mass is 359 g/mol. The van der Waals surface area contributed by atoms with E-state index in [0.717, 1.165) is 5.56 Å². The molecule has 7 nitrogen and oxygen atoms in total. The molecular formula is C19H21NO6. The molecule has 2 N–H and O–H groups in total. The molecule has 0 saturated carbocycles. The molecule has 2 rings (SSSR count). The first-order chi connectivity index (χ1) is 12.4. The van der Waals surface area contributed by atoms with Crippen LogP contribution in [0.25, 0.3) is 0 Å². The van der Waals surface area contributed by atoms with Crippen molar-refractivity contribution in [2.24, 2.45) is 0 Å². The highest BCUT2D eigenvalue weighted by molar-refractivity contribution is 5.95. The number of carbonyl (C=O) groups is 2. The van der Waals surface area contributed by atoms with E-state index < -0.39 is 5.97 Å². The summed E-state index contributed by atoms with van der Waals surface area (Å²) in [6.45, 7) is 5.33. The number of allylic oxidation sites excluding steroid dienone is 1. The molecule has 0 atom stereocenters. The van der Waals surface area contributed by atoms with Crippen LogP contribution in [0.15, 0.2) is 35.3 Å². The van der Waals surface area contributed by atoms with E-state index in [-0.39, 0.29) is 18.0 Å². The van der Waals surface area contributed by atoms with Gasteiger partial charge in [0.05, 0.1) is 20.8 Å². The predicted molar refractivity (Wildman–Crippen MR) is 95.0 cm³/mol. The highest BCUT2D eigenvalue weighted by atomic mass is 16.5. The third kappa shape index (κ3) is 4.05. The van der Waals surface area contributed by atoms with Crippen molar-refractivity contribution in [1.29, 1.82) is 0 Å². The van der Waals surface area contributed by atoms with Gasteiger partial charge in [-0.05, 0) is 31.5 Å². The first kappa shape index (κ1) is 19.1.